The summed E-state index contributed by atoms with van der Waals surface area (Å²) in [5, 5.41) is 151. The first kappa shape index (κ1) is 65.2. The number of carbonyl (C=O) groups is 1. The van der Waals surface area contributed by atoms with Crippen LogP contribution in [0.4, 0.5) is 0 Å². The summed E-state index contributed by atoms with van der Waals surface area (Å²) in [7, 11) is 0. The van der Waals surface area contributed by atoms with E-state index in [9.17, 15) is 71.5 Å². The number of aliphatic hydroxyl groups is 14. The van der Waals surface area contributed by atoms with Crippen LogP contribution in [0, 0.1) is 50.2 Å². The molecular weight excluding hydrogens is 1110 g/mol. The molecule has 0 spiro atoms. The normalized spacial score (nSPS) is 54.6. The number of allylic oxidation sites excluding steroid dienone is 2. The van der Waals surface area contributed by atoms with Gasteiger partial charge in [0, 0.05) is 0 Å². The van der Waals surface area contributed by atoms with Gasteiger partial charge in [0.05, 0.1) is 43.5 Å². The average molecular weight is 1210 g/mol. The van der Waals surface area contributed by atoms with E-state index >= 15 is 4.79 Å². The maximum atomic E-state index is 15.2. The van der Waals surface area contributed by atoms with E-state index in [2.05, 4.69) is 54.5 Å². The van der Waals surface area contributed by atoms with Crippen molar-refractivity contribution in [1.29, 1.82) is 0 Å². The highest BCUT2D eigenvalue weighted by molar-refractivity contribution is 5.79. The van der Waals surface area contributed by atoms with E-state index in [1.54, 1.807) is 0 Å². The monoisotopic (exact) mass is 1200 g/mol. The van der Waals surface area contributed by atoms with Crippen LogP contribution < -0.4 is 0 Å². The first-order valence-electron chi connectivity index (χ1n) is 30.5. The quantitative estimate of drug-likeness (QED) is 0.0600. The van der Waals surface area contributed by atoms with Crippen molar-refractivity contribution in [3.8, 4) is 0 Å². The molecule has 482 valence electrons. The lowest BCUT2D eigenvalue weighted by Gasteiger charge is -2.71. The van der Waals surface area contributed by atoms with Crippen molar-refractivity contribution >= 4 is 5.97 Å². The zero-order valence-corrected chi connectivity index (χ0v) is 49.7. The Balaban J connectivity index is 0.802. The molecule has 0 radical (unpaired) electrons. The Morgan fingerprint density at radius 2 is 1.13 bits per heavy atom. The predicted octanol–water partition coefficient (Wildman–Crippen LogP) is -1.52. The Morgan fingerprint density at radius 1 is 0.560 bits per heavy atom. The molecule has 5 aliphatic heterocycles. The summed E-state index contributed by atoms with van der Waals surface area (Å²) in [4.78, 5) is 15.2. The molecule has 0 aromatic rings. The molecule has 25 heteroatoms. The van der Waals surface area contributed by atoms with E-state index in [-0.39, 0.29) is 52.1 Å². The summed E-state index contributed by atoms with van der Waals surface area (Å²) in [6.45, 7) is 17.4. The molecule has 5 heterocycles. The SMILES string of the molecule is C[C@@H]1O[C@@H](O[C@H]2[C@H](O)[C@@H](O)[C@H](OC[C@H]3O[C@@H](OC(=O)[C@]45CCC(C)(C)C[C@H]4C4=CC[C@@H]6[C@@]7(C)CC[C@H](O[C@@H]8OC[C@@H](O[C@@H]9O[C@@H](C)[C@H](O)[C@@H](O)[C@H]9O)[C@@H](O)[C@@H]8O)C(C)(C)[C@@H]7CC[C@@]6(C)[C@]4(C)CC5)[C@H](O)[C@@H](O)[C@@H]3O)O[C@@H]2CO)[C@H](O)[C@H](O)[C@H]1O. The lowest BCUT2D eigenvalue weighted by Crippen LogP contribution is -2.66. The molecule has 0 aromatic carbocycles. The van der Waals surface area contributed by atoms with Crippen LogP contribution in [0.5, 0.6) is 0 Å². The van der Waals surface area contributed by atoms with Gasteiger partial charge in [0.1, 0.15) is 104 Å². The first-order chi connectivity index (χ1) is 39.3. The molecule has 32 atom stereocenters. The molecule has 0 bridgehead atoms. The first-order valence-corrected chi connectivity index (χ1v) is 30.5. The van der Waals surface area contributed by atoms with Gasteiger partial charge in [0.2, 0.25) is 6.29 Å². The van der Waals surface area contributed by atoms with Gasteiger partial charge in [0.25, 0.3) is 0 Å². The second-order valence-corrected chi connectivity index (χ2v) is 28.6. The lowest BCUT2D eigenvalue weighted by atomic mass is 9.33. The molecule has 0 amide bonds. The third-order valence-corrected chi connectivity index (χ3v) is 23.1. The Hall–Kier alpha value is -1.71. The molecule has 10 aliphatic rings. The lowest BCUT2D eigenvalue weighted by molar-refractivity contribution is -0.361. The second kappa shape index (κ2) is 23.8. The molecule has 0 aromatic heterocycles. The van der Waals surface area contributed by atoms with Crippen LogP contribution in [-0.2, 0) is 52.2 Å². The van der Waals surface area contributed by atoms with Crippen LogP contribution in [0.2, 0.25) is 0 Å². The zero-order chi connectivity index (χ0) is 61.3. The Bertz CT molecular complexity index is 2340. The molecule has 5 aliphatic carbocycles. The van der Waals surface area contributed by atoms with Crippen LogP contribution in [0.15, 0.2) is 11.6 Å². The highest BCUT2D eigenvalue weighted by atomic mass is 16.8. The smallest absolute Gasteiger partial charge is 0.315 e. The highest BCUT2D eigenvalue weighted by Crippen LogP contribution is 2.76. The van der Waals surface area contributed by atoms with Crippen molar-refractivity contribution in [3.05, 3.63) is 11.6 Å². The molecule has 10 rings (SSSR count). The molecule has 5 saturated heterocycles. The molecule has 0 unspecified atom stereocenters. The minimum atomic E-state index is -1.88. The minimum Gasteiger partial charge on any atom is -0.432 e. The van der Waals surface area contributed by atoms with Gasteiger partial charge < -0.3 is 119 Å². The van der Waals surface area contributed by atoms with Crippen molar-refractivity contribution in [2.75, 3.05) is 19.8 Å². The summed E-state index contributed by atoms with van der Waals surface area (Å²) in [5.41, 5.74) is -1.01. The van der Waals surface area contributed by atoms with Crippen LogP contribution in [0.3, 0.4) is 0 Å². The summed E-state index contributed by atoms with van der Waals surface area (Å²) in [6, 6.07) is 0. The number of hydrogen-bond donors (Lipinski definition) is 14. The van der Waals surface area contributed by atoms with Crippen molar-refractivity contribution in [2.45, 2.75) is 280 Å². The van der Waals surface area contributed by atoms with Gasteiger partial charge in [-0.05, 0) is 123 Å². The summed E-state index contributed by atoms with van der Waals surface area (Å²) in [5.74, 6) is -0.395. The minimum absolute atomic E-state index is 0.143. The van der Waals surface area contributed by atoms with Gasteiger partial charge in [-0.3, -0.25) is 4.79 Å². The topological polar surface area (TPSA) is 393 Å². The van der Waals surface area contributed by atoms with E-state index in [0.29, 0.717) is 38.5 Å². The average Bonchev–Trinajstić information content (AvgIpc) is 0.721. The fourth-order valence-electron chi connectivity index (χ4n) is 17.5. The Morgan fingerprint density at radius 3 is 1.77 bits per heavy atom. The molecule has 84 heavy (non-hydrogen) atoms. The number of esters is 1. The van der Waals surface area contributed by atoms with Gasteiger partial charge in [-0.15, -0.1) is 0 Å². The maximum absolute atomic E-state index is 15.2. The zero-order valence-electron chi connectivity index (χ0n) is 49.7. The largest absolute Gasteiger partial charge is 0.432 e. The van der Waals surface area contributed by atoms with Crippen molar-refractivity contribution in [2.24, 2.45) is 50.2 Å². The van der Waals surface area contributed by atoms with E-state index in [0.717, 1.165) is 25.7 Å². The number of carbonyl (C=O) groups excluding carboxylic acids is 1. The highest BCUT2D eigenvalue weighted by Gasteiger charge is 2.70. The Kier molecular flexibility index (Phi) is 18.5. The number of ether oxygens (including phenoxy) is 10. The van der Waals surface area contributed by atoms with Gasteiger partial charge >= 0.3 is 5.97 Å². The predicted molar refractivity (Wildman–Crippen MR) is 287 cm³/mol. The van der Waals surface area contributed by atoms with Crippen molar-refractivity contribution in [3.63, 3.8) is 0 Å². The van der Waals surface area contributed by atoms with Crippen molar-refractivity contribution in [1.82, 2.24) is 0 Å². The maximum Gasteiger partial charge on any atom is 0.315 e. The van der Waals surface area contributed by atoms with E-state index in [4.69, 9.17) is 47.4 Å². The van der Waals surface area contributed by atoms with Crippen LogP contribution >= 0.6 is 0 Å². The molecule has 14 N–H and O–H groups in total. The van der Waals surface area contributed by atoms with Gasteiger partial charge in [-0.1, -0.05) is 60.1 Å². The van der Waals surface area contributed by atoms with E-state index < -0.39 is 177 Å². The molecule has 9 fully saturated rings. The number of aliphatic hydroxyl groups excluding tert-OH is 14. The van der Waals surface area contributed by atoms with E-state index in [1.807, 2.05) is 0 Å². The number of hydrogen-bond acceptors (Lipinski definition) is 25. The Labute approximate surface area is 490 Å². The molecular formula is C59H96O25. The number of rotatable bonds is 12. The van der Waals surface area contributed by atoms with Gasteiger partial charge in [-0.25, -0.2) is 0 Å². The van der Waals surface area contributed by atoms with Gasteiger partial charge in [-0.2, -0.15) is 0 Å². The summed E-state index contributed by atoms with van der Waals surface area (Å²) >= 11 is 0. The van der Waals surface area contributed by atoms with E-state index in [1.165, 1.54) is 19.4 Å². The second-order valence-electron chi connectivity index (χ2n) is 28.6. The standard InChI is InChI=1S/C59H96O25/c1-24-34(61)38(65)43(70)50(77-24)80-30-23-76-49(42(69)37(30)64)82-33-13-14-56(7)31(55(33,5)6)12-15-58(9)32(56)11-10-26-27-20-54(3,4)16-18-59(27,19-17-57(26,58)8)53(74)84-52-45(72)40(67)36(63)29(81-52)22-75-48-46(73)41(68)47(28(21-60)79-48)83-51-44(71)39(66)35(62)25(2)78-51/h10,24-25,27-52,60-73H,11-23H2,1-9H3/t24-,25-,27-,28+,29+,30+,31-,32+,33-,34-,35-,36+,37+,38+,39+,40-,41+,42-,43+,44+,45+,46+,47+,48+,49-,50-,51-,52-,56-,57+,58+,59-/m0/s1. The fourth-order valence-corrected chi connectivity index (χ4v) is 17.5. The van der Waals surface area contributed by atoms with Crippen LogP contribution in [0.25, 0.3) is 0 Å². The van der Waals surface area contributed by atoms with Crippen LogP contribution in [-0.4, -0.2) is 251 Å². The summed E-state index contributed by atoms with van der Waals surface area (Å²) in [6.07, 6.45) is -27.5. The van der Waals surface area contributed by atoms with Crippen molar-refractivity contribution < 1.29 is 124 Å². The van der Waals surface area contributed by atoms with Crippen LogP contribution in [0.1, 0.15) is 127 Å². The third kappa shape index (κ3) is 10.9. The third-order valence-electron chi connectivity index (χ3n) is 23.1. The summed E-state index contributed by atoms with van der Waals surface area (Å²) < 4.78 is 59.0. The fraction of sp³-hybridized carbons (Fsp3) is 0.949. The number of fused-ring (bicyclic) bond motifs is 7. The molecule has 4 saturated carbocycles. The van der Waals surface area contributed by atoms with Gasteiger partial charge in [0.15, 0.2) is 25.2 Å². The molecule has 25 nitrogen and oxygen atoms in total.